The normalized spacial score (nSPS) is 22.3. The Hall–Kier alpha value is -2.44. The molecule has 1 amide bonds. The lowest BCUT2D eigenvalue weighted by atomic mass is 9.89. The number of pyridine rings is 1. The lowest BCUT2D eigenvalue weighted by molar-refractivity contribution is 0.0314. The Balaban J connectivity index is 1.63. The first kappa shape index (κ1) is 25.6. The Bertz CT molecular complexity index is 1000. The number of aliphatic hydroxyl groups excluding tert-OH is 1. The number of rotatable bonds is 7. The molecule has 1 aromatic heterocycles. The van der Waals surface area contributed by atoms with Crippen molar-refractivity contribution in [2.45, 2.75) is 65.0 Å². The van der Waals surface area contributed by atoms with E-state index < -0.39 is 0 Å². The van der Waals surface area contributed by atoms with E-state index in [1.807, 2.05) is 37.4 Å². The number of amides is 1. The molecule has 0 unspecified atom stereocenters. The van der Waals surface area contributed by atoms with Gasteiger partial charge in [-0.05, 0) is 56.8 Å². The Kier molecular flexibility index (Phi) is 8.45. The van der Waals surface area contributed by atoms with Gasteiger partial charge in [0.05, 0.1) is 12.6 Å². The van der Waals surface area contributed by atoms with Crippen molar-refractivity contribution in [3.8, 4) is 17.0 Å². The van der Waals surface area contributed by atoms with Gasteiger partial charge < -0.3 is 19.6 Å². The van der Waals surface area contributed by atoms with E-state index in [1.165, 1.54) is 32.1 Å². The first-order valence-electron chi connectivity index (χ1n) is 13.2. The predicted octanol–water partition coefficient (Wildman–Crippen LogP) is 4.79. The fourth-order valence-corrected chi connectivity index (χ4v) is 5.56. The Morgan fingerprint density at radius 3 is 2.63 bits per heavy atom. The van der Waals surface area contributed by atoms with Crippen LogP contribution in [-0.4, -0.2) is 71.2 Å². The van der Waals surface area contributed by atoms with Crippen molar-refractivity contribution < 1.29 is 14.6 Å². The van der Waals surface area contributed by atoms with Gasteiger partial charge in [-0.3, -0.25) is 4.79 Å². The van der Waals surface area contributed by atoms with Crippen molar-refractivity contribution >= 4 is 5.91 Å². The zero-order valence-electron chi connectivity index (χ0n) is 21.7. The lowest BCUT2D eigenvalue weighted by Gasteiger charge is -2.38. The standard InChI is InChI=1S/C29H41N3O3/c1-20-10-8-9-13-25(20)24-14-26-28(30-15-24)35-27(18-31(4)17-23-11-6-5-7-12-23)21(2)16-32(29(26)34)22(3)19-33/h8-10,13-15,21-23,27,33H,5-7,11-12,16-19H2,1-4H3/t21-,22-,27+/m0/s1. The molecule has 0 spiro atoms. The summed E-state index contributed by atoms with van der Waals surface area (Å²) in [5.41, 5.74) is 3.55. The van der Waals surface area contributed by atoms with Crippen molar-refractivity contribution in [3.63, 3.8) is 0 Å². The van der Waals surface area contributed by atoms with Crippen LogP contribution in [0, 0.1) is 18.8 Å². The number of nitrogens with zero attached hydrogens (tertiary/aromatic N) is 3. The molecule has 0 radical (unpaired) electrons. The Labute approximate surface area is 210 Å². The van der Waals surface area contributed by atoms with Gasteiger partial charge in [-0.2, -0.15) is 0 Å². The minimum atomic E-state index is -0.279. The molecule has 1 aliphatic carbocycles. The number of hydrogen-bond acceptors (Lipinski definition) is 5. The van der Waals surface area contributed by atoms with Crippen LogP contribution in [0.3, 0.4) is 0 Å². The summed E-state index contributed by atoms with van der Waals surface area (Å²) < 4.78 is 6.50. The molecule has 0 saturated heterocycles. The van der Waals surface area contributed by atoms with Gasteiger partial charge in [0.15, 0.2) is 0 Å². The number of fused-ring (bicyclic) bond motifs is 1. The number of hydrogen-bond donors (Lipinski definition) is 1. The molecule has 1 saturated carbocycles. The quantitative estimate of drug-likeness (QED) is 0.619. The van der Waals surface area contributed by atoms with Crippen molar-refractivity contribution in [2.75, 3.05) is 33.3 Å². The maximum atomic E-state index is 13.7. The summed E-state index contributed by atoms with van der Waals surface area (Å²) in [5.74, 6) is 1.12. The summed E-state index contributed by atoms with van der Waals surface area (Å²) >= 11 is 0. The molecule has 35 heavy (non-hydrogen) atoms. The van der Waals surface area contributed by atoms with Gasteiger partial charge >= 0.3 is 0 Å². The summed E-state index contributed by atoms with van der Waals surface area (Å²) in [7, 11) is 2.18. The molecular weight excluding hydrogens is 438 g/mol. The highest BCUT2D eigenvalue weighted by Gasteiger charge is 2.34. The van der Waals surface area contributed by atoms with E-state index in [2.05, 4.69) is 36.8 Å². The maximum absolute atomic E-state index is 13.7. The SMILES string of the molecule is Cc1ccccc1-c1cnc2c(c1)C(=O)N([C@@H](C)CO)C[C@H](C)[C@@H](CN(C)CC1CCCCC1)O2. The Morgan fingerprint density at radius 1 is 1.17 bits per heavy atom. The second-order valence-corrected chi connectivity index (χ2v) is 10.7. The summed E-state index contributed by atoms with van der Waals surface area (Å²) in [5, 5.41) is 9.91. The van der Waals surface area contributed by atoms with Crippen molar-refractivity contribution in [1.82, 2.24) is 14.8 Å². The van der Waals surface area contributed by atoms with Crippen LogP contribution in [0.4, 0.5) is 0 Å². The molecule has 6 heteroatoms. The number of carbonyl (C=O) groups excluding carboxylic acids is 1. The summed E-state index contributed by atoms with van der Waals surface area (Å²) in [6.45, 7) is 8.42. The third-order valence-electron chi connectivity index (χ3n) is 7.76. The van der Waals surface area contributed by atoms with Crippen LogP contribution in [0.1, 0.15) is 61.9 Å². The second-order valence-electron chi connectivity index (χ2n) is 10.7. The van der Waals surface area contributed by atoms with Crippen LogP contribution in [0.15, 0.2) is 36.5 Å². The maximum Gasteiger partial charge on any atom is 0.259 e. The first-order chi connectivity index (χ1) is 16.9. The van der Waals surface area contributed by atoms with Crippen molar-refractivity contribution in [1.29, 1.82) is 0 Å². The van der Waals surface area contributed by atoms with E-state index in [0.29, 0.717) is 18.0 Å². The van der Waals surface area contributed by atoms with E-state index in [1.54, 1.807) is 4.90 Å². The van der Waals surface area contributed by atoms with Gasteiger partial charge in [-0.25, -0.2) is 4.98 Å². The zero-order valence-corrected chi connectivity index (χ0v) is 21.7. The molecular formula is C29H41N3O3. The average Bonchev–Trinajstić information content (AvgIpc) is 2.86. The van der Waals surface area contributed by atoms with E-state index >= 15 is 0 Å². The minimum Gasteiger partial charge on any atom is -0.472 e. The highest BCUT2D eigenvalue weighted by molar-refractivity contribution is 5.98. The number of aromatic nitrogens is 1. The summed E-state index contributed by atoms with van der Waals surface area (Å²) in [6, 6.07) is 9.74. The van der Waals surface area contributed by atoms with E-state index in [0.717, 1.165) is 35.7 Å². The molecule has 1 aliphatic heterocycles. The van der Waals surface area contributed by atoms with Crippen LogP contribution < -0.4 is 4.74 Å². The second kappa shape index (κ2) is 11.5. The van der Waals surface area contributed by atoms with Crippen LogP contribution in [0.2, 0.25) is 0 Å². The molecule has 1 aromatic carbocycles. The topological polar surface area (TPSA) is 65.9 Å². The zero-order chi connectivity index (χ0) is 24.9. The van der Waals surface area contributed by atoms with E-state index in [-0.39, 0.29) is 30.6 Å². The lowest BCUT2D eigenvalue weighted by Crippen LogP contribution is -2.50. The van der Waals surface area contributed by atoms with Gasteiger partial charge in [0.2, 0.25) is 5.88 Å². The Morgan fingerprint density at radius 2 is 1.91 bits per heavy atom. The molecule has 4 rings (SSSR count). The van der Waals surface area contributed by atoms with Gasteiger partial charge in [0.25, 0.3) is 5.91 Å². The summed E-state index contributed by atoms with van der Waals surface area (Å²) in [6.07, 6.45) is 8.38. The molecule has 1 fully saturated rings. The van der Waals surface area contributed by atoms with E-state index in [9.17, 15) is 9.90 Å². The molecule has 190 valence electrons. The van der Waals surface area contributed by atoms with Crippen molar-refractivity contribution in [2.24, 2.45) is 11.8 Å². The number of aryl methyl sites for hydroxylation is 1. The monoisotopic (exact) mass is 479 g/mol. The van der Waals surface area contributed by atoms with Gasteiger partial charge in [0.1, 0.15) is 11.7 Å². The molecule has 6 nitrogen and oxygen atoms in total. The van der Waals surface area contributed by atoms with Gasteiger partial charge in [-0.1, -0.05) is 50.5 Å². The molecule has 0 bridgehead atoms. The molecule has 2 aromatic rings. The highest BCUT2D eigenvalue weighted by atomic mass is 16.5. The van der Waals surface area contributed by atoms with E-state index in [4.69, 9.17) is 4.74 Å². The summed E-state index contributed by atoms with van der Waals surface area (Å²) in [4.78, 5) is 22.5. The molecule has 3 atom stereocenters. The van der Waals surface area contributed by atoms with Gasteiger partial charge in [0, 0.05) is 37.3 Å². The van der Waals surface area contributed by atoms with Crippen LogP contribution >= 0.6 is 0 Å². The van der Waals surface area contributed by atoms with Crippen LogP contribution in [0.5, 0.6) is 5.88 Å². The van der Waals surface area contributed by atoms with Crippen LogP contribution in [-0.2, 0) is 0 Å². The fourth-order valence-electron chi connectivity index (χ4n) is 5.56. The highest BCUT2D eigenvalue weighted by Crippen LogP contribution is 2.32. The molecule has 1 N–H and O–H groups in total. The predicted molar refractivity (Wildman–Crippen MR) is 140 cm³/mol. The number of carbonyl (C=O) groups is 1. The fraction of sp³-hybridized carbons (Fsp3) is 0.586. The molecule has 2 aliphatic rings. The third kappa shape index (κ3) is 6.04. The largest absolute Gasteiger partial charge is 0.472 e. The number of aliphatic hydroxyl groups is 1. The number of likely N-dealkylation sites (N-methyl/N-ethyl adjacent to an activating group) is 1. The number of benzene rings is 1. The third-order valence-corrected chi connectivity index (χ3v) is 7.76. The molecule has 2 heterocycles. The minimum absolute atomic E-state index is 0.0776. The van der Waals surface area contributed by atoms with Gasteiger partial charge in [-0.15, -0.1) is 0 Å². The van der Waals surface area contributed by atoms with Crippen molar-refractivity contribution in [3.05, 3.63) is 47.7 Å². The average molecular weight is 480 g/mol. The first-order valence-corrected chi connectivity index (χ1v) is 13.2. The van der Waals surface area contributed by atoms with Crippen LogP contribution in [0.25, 0.3) is 11.1 Å². The smallest absolute Gasteiger partial charge is 0.259 e. The number of ether oxygens (including phenoxy) is 1.